The maximum Gasteiger partial charge on any atom is 0.268 e. The van der Waals surface area contributed by atoms with E-state index in [2.05, 4.69) is 11.9 Å². The summed E-state index contributed by atoms with van der Waals surface area (Å²) < 4.78 is 10.8. The quantitative estimate of drug-likeness (QED) is 0.798. The summed E-state index contributed by atoms with van der Waals surface area (Å²) in [6.07, 6.45) is 1.34. The summed E-state index contributed by atoms with van der Waals surface area (Å²) in [6.45, 7) is 5.81. The molecule has 1 N–H and O–H groups in total. The first kappa shape index (κ1) is 18.5. The number of nitrogens with zero attached hydrogens (tertiary/aromatic N) is 1. The van der Waals surface area contributed by atoms with Crippen molar-refractivity contribution in [2.45, 2.75) is 19.4 Å². The number of nitrogens with one attached hydrogen (secondary N) is 1. The van der Waals surface area contributed by atoms with Gasteiger partial charge >= 0.3 is 0 Å². The minimum Gasteiger partial charge on any atom is -0.497 e. The van der Waals surface area contributed by atoms with Crippen molar-refractivity contribution >= 4 is 23.2 Å². The summed E-state index contributed by atoms with van der Waals surface area (Å²) in [5.74, 6) is 1.06. The molecule has 0 saturated carbocycles. The Hall–Kier alpha value is -3.28. The standard InChI is InChI=1S/C21H22N2O4/c1-4-11-23-18-10-7-16(13-19(18)27-14(2)21(23)25)22-20(24)12-15-5-8-17(26-3)9-6-15/h4-10,13-14H,1,11-12H2,2-3H3,(H,22,24). The number of ether oxygens (including phenoxy) is 2. The Bertz CT molecular complexity index is 861. The largest absolute Gasteiger partial charge is 0.497 e. The monoisotopic (exact) mass is 366 g/mol. The molecular weight excluding hydrogens is 344 g/mol. The molecule has 0 fully saturated rings. The molecule has 1 aliphatic rings. The first-order valence-corrected chi connectivity index (χ1v) is 8.67. The molecule has 27 heavy (non-hydrogen) atoms. The molecule has 0 bridgehead atoms. The van der Waals surface area contributed by atoms with Crippen LogP contribution < -0.4 is 19.7 Å². The number of hydrogen-bond acceptors (Lipinski definition) is 4. The smallest absolute Gasteiger partial charge is 0.268 e. The lowest BCUT2D eigenvalue weighted by Gasteiger charge is -2.32. The van der Waals surface area contributed by atoms with Gasteiger partial charge in [0.1, 0.15) is 11.5 Å². The third kappa shape index (κ3) is 4.11. The lowest BCUT2D eigenvalue weighted by Crippen LogP contribution is -2.44. The van der Waals surface area contributed by atoms with Crippen molar-refractivity contribution in [2.75, 3.05) is 23.9 Å². The van der Waals surface area contributed by atoms with E-state index in [0.717, 1.165) is 11.3 Å². The van der Waals surface area contributed by atoms with Crippen LogP contribution in [-0.4, -0.2) is 31.6 Å². The van der Waals surface area contributed by atoms with Crippen molar-refractivity contribution in [3.63, 3.8) is 0 Å². The van der Waals surface area contributed by atoms with E-state index >= 15 is 0 Å². The molecule has 0 aromatic heterocycles. The summed E-state index contributed by atoms with van der Waals surface area (Å²) >= 11 is 0. The van der Waals surface area contributed by atoms with Crippen LogP contribution in [0.2, 0.25) is 0 Å². The molecule has 2 amide bonds. The first-order chi connectivity index (χ1) is 13.0. The van der Waals surface area contributed by atoms with Crippen LogP contribution in [0.4, 0.5) is 11.4 Å². The number of rotatable bonds is 6. The van der Waals surface area contributed by atoms with Gasteiger partial charge < -0.3 is 19.7 Å². The predicted octanol–water partition coefficient (Wildman–Crippen LogP) is 3.18. The van der Waals surface area contributed by atoms with Crippen LogP contribution in [0.25, 0.3) is 0 Å². The molecule has 1 aliphatic heterocycles. The number of fused-ring (bicyclic) bond motifs is 1. The van der Waals surface area contributed by atoms with E-state index in [1.165, 1.54) is 0 Å². The van der Waals surface area contributed by atoms with Crippen molar-refractivity contribution in [3.8, 4) is 11.5 Å². The maximum atomic E-state index is 12.3. The summed E-state index contributed by atoms with van der Waals surface area (Å²) in [5, 5.41) is 2.87. The molecule has 1 atom stereocenters. The van der Waals surface area contributed by atoms with E-state index < -0.39 is 6.10 Å². The van der Waals surface area contributed by atoms with Crippen LogP contribution in [0.3, 0.4) is 0 Å². The minimum absolute atomic E-state index is 0.112. The van der Waals surface area contributed by atoms with Crippen LogP contribution >= 0.6 is 0 Å². The number of hydrogen-bond donors (Lipinski definition) is 1. The number of benzene rings is 2. The van der Waals surface area contributed by atoms with Gasteiger partial charge in [0.25, 0.3) is 5.91 Å². The molecule has 0 saturated heterocycles. The third-order valence-electron chi connectivity index (χ3n) is 4.29. The van der Waals surface area contributed by atoms with Crippen molar-refractivity contribution in [1.29, 1.82) is 0 Å². The Morgan fingerprint density at radius 3 is 2.70 bits per heavy atom. The second-order valence-corrected chi connectivity index (χ2v) is 6.25. The zero-order valence-corrected chi connectivity index (χ0v) is 15.4. The molecule has 2 aromatic carbocycles. The van der Waals surface area contributed by atoms with Gasteiger partial charge in [-0.15, -0.1) is 6.58 Å². The van der Waals surface area contributed by atoms with Gasteiger partial charge in [-0.1, -0.05) is 18.2 Å². The predicted molar refractivity (Wildman–Crippen MR) is 104 cm³/mol. The van der Waals surface area contributed by atoms with E-state index in [0.29, 0.717) is 23.7 Å². The minimum atomic E-state index is -0.581. The topological polar surface area (TPSA) is 67.9 Å². The van der Waals surface area contributed by atoms with Gasteiger partial charge in [-0.3, -0.25) is 9.59 Å². The highest BCUT2D eigenvalue weighted by atomic mass is 16.5. The average molecular weight is 366 g/mol. The summed E-state index contributed by atoms with van der Waals surface area (Å²) in [6, 6.07) is 12.6. The molecule has 6 heteroatoms. The third-order valence-corrected chi connectivity index (χ3v) is 4.29. The Balaban J connectivity index is 1.72. The molecule has 1 heterocycles. The highest BCUT2D eigenvalue weighted by Crippen LogP contribution is 2.36. The fraction of sp³-hybridized carbons (Fsp3) is 0.238. The summed E-state index contributed by atoms with van der Waals surface area (Å²) in [7, 11) is 1.60. The Labute approximate surface area is 158 Å². The van der Waals surface area contributed by atoms with Gasteiger partial charge in [0.05, 0.1) is 19.2 Å². The molecule has 140 valence electrons. The molecular formula is C21H22N2O4. The highest BCUT2D eigenvalue weighted by molar-refractivity contribution is 6.01. The Morgan fingerprint density at radius 2 is 2.04 bits per heavy atom. The van der Waals surface area contributed by atoms with Gasteiger partial charge in [0.2, 0.25) is 5.91 Å². The van der Waals surface area contributed by atoms with E-state index in [4.69, 9.17) is 9.47 Å². The zero-order valence-electron chi connectivity index (χ0n) is 15.4. The second kappa shape index (κ2) is 7.95. The van der Waals surface area contributed by atoms with Crippen LogP contribution in [0, 0.1) is 0 Å². The lowest BCUT2D eigenvalue weighted by molar-refractivity contribution is -0.125. The molecule has 1 unspecified atom stereocenters. The number of methoxy groups -OCH3 is 1. The van der Waals surface area contributed by atoms with E-state index in [-0.39, 0.29) is 18.2 Å². The molecule has 2 aromatic rings. The highest BCUT2D eigenvalue weighted by Gasteiger charge is 2.30. The fourth-order valence-electron chi connectivity index (χ4n) is 2.94. The molecule has 0 aliphatic carbocycles. The first-order valence-electron chi connectivity index (χ1n) is 8.67. The van der Waals surface area contributed by atoms with E-state index in [9.17, 15) is 9.59 Å². The second-order valence-electron chi connectivity index (χ2n) is 6.25. The van der Waals surface area contributed by atoms with Gasteiger partial charge in [0, 0.05) is 18.3 Å². The maximum absolute atomic E-state index is 12.3. The van der Waals surface area contributed by atoms with Gasteiger partial charge in [0.15, 0.2) is 6.10 Å². The van der Waals surface area contributed by atoms with Crippen molar-refractivity contribution in [1.82, 2.24) is 0 Å². The van der Waals surface area contributed by atoms with Gasteiger partial charge in [-0.05, 0) is 36.8 Å². The van der Waals surface area contributed by atoms with Crippen molar-refractivity contribution < 1.29 is 19.1 Å². The van der Waals surface area contributed by atoms with Crippen LogP contribution in [-0.2, 0) is 16.0 Å². The Morgan fingerprint density at radius 1 is 1.30 bits per heavy atom. The molecule has 3 rings (SSSR count). The number of carbonyl (C=O) groups excluding carboxylic acids is 2. The summed E-state index contributed by atoms with van der Waals surface area (Å²) in [4.78, 5) is 26.2. The van der Waals surface area contributed by atoms with E-state index in [1.807, 2.05) is 24.3 Å². The molecule has 0 radical (unpaired) electrons. The van der Waals surface area contributed by atoms with Crippen LogP contribution in [0.1, 0.15) is 12.5 Å². The number of amides is 2. The van der Waals surface area contributed by atoms with Crippen LogP contribution in [0.15, 0.2) is 55.1 Å². The lowest BCUT2D eigenvalue weighted by atomic mass is 10.1. The van der Waals surface area contributed by atoms with E-state index in [1.54, 1.807) is 43.2 Å². The number of carbonyl (C=O) groups is 2. The normalized spacial score (nSPS) is 15.6. The SMILES string of the molecule is C=CCN1C(=O)C(C)Oc2cc(NC(=O)Cc3ccc(OC)cc3)ccc21. The zero-order chi connectivity index (χ0) is 19.4. The van der Waals surface area contributed by atoms with Gasteiger partial charge in [-0.25, -0.2) is 0 Å². The molecule has 6 nitrogen and oxygen atoms in total. The number of anilines is 2. The van der Waals surface area contributed by atoms with Crippen LogP contribution in [0.5, 0.6) is 11.5 Å². The summed E-state index contributed by atoms with van der Waals surface area (Å²) in [5.41, 5.74) is 2.18. The van der Waals surface area contributed by atoms with Crippen molar-refractivity contribution in [2.24, 2.45) is 0 Å². The average Bonchev–Trinajstić information content (AvgIpc) is 2.66. The fourth-order valence-corrected chi connectivity index (χ4v) is 2.94. The van der Waals surface area contributed by atoms with Crippen molar-refractivity contribution in [3.05, 3.63) is 60.7 Å². The Kier molecular flexibility index (Phi) is 5.45. The molecule has 0 spiro atoms. The van der Waals surface area contributed by atoms with Gasteiger partial charge in [-0.2, -0.15) is 0 Å².